The van der Waals surface area contributed by atoms with Gasteiger partial charge in [-0.25, -0.2) is 14.1 Å². The van der Waals surface area contributed by atoms with Crippen molar-refractivity contribution >= 4 is 29.8 Å². The monoisotopic (exact) mass is 599 g/mol. The number of carbonyl (C=O) groups excluding carboxylic acids is 2. The smallest absolute Gasteiger partial charge is 0.312 e. The number of pyridine rings is 1. The molecule has 224 valence electrons. The van der Waals surface area contributed by atoms with Gasteiger partial charge in [0.15, 0.2) is 5.60 Å². The molecule has 0 radical (unpaired) electrons. The van der Waals surface area contributed by atoms with Gasteiger partial charge in [-0.15, -0.1) is 12.6 Å². The first kappa shape index (κ1) is 28.2. The van der Waals surface area contributed by atoms with E-state index in [4.69, 9.17) is 9.47 Å². The molecule has 7 rings (SSSR count). The van der Waals surface area contributed by atoms with Crippen molar-refractivity contribution in [3.05, 3.63) is 47.3 Å². The van der Waals surface area contributed by atoms with Crippen molar-refractivity contribution < 1.29 is 33.0 Å². The van der Waals surface area contributed by atoms with Crippen LogP contribution in [0, 0.1) is 34.5 Å². The Morgan fingerprint density at radius 3 is 2.69 bits per heavy atom. The minimum atomic E-state index is -1.97. The largest absolute Gasteiger partial charge is 0.449 e. The number of fused-ring (bicyclic) bond motifs is 6. The average molecular weight is 600 g/mol. The number of allylic oxidation sites excluding steroid dienone is 1. The molecule has 1 saturated heterocycles. The van der Waals surface area contributed by atoms with Crippen LogP contribution in [-0.2, 0) is 25.5 Å². The number of halogens is 2. The van der Waals surface area contributed by atoms with Gasteiger partial charge in [-0.3, -0.25) is 9.59 Å². The number of aliphatic hydroxyl groups excluding tert-OH is 1. The summed E-state index contributed by atoms with van der Waals surface area (Å²) in [6.07, 6.45) is 6.36. The van der Waals surface area contributed by atoms with E-state index in [1.54, 1.807) is 16.9 Å². The fourth-order valence-corrected chi connectivity index (χ4v) is 9.69. The number of hydrogen-bond donors (Lipinski definition) is 2. The van der Waals surface area contributed by atoms with E-state index in [1.807, 2.05) is 19.9 Å². The fraction of sp³-hybridized carbons (Fsp3) is 0.613. The summed E-state index contributed by atoms with van der Waals surface area (Å²) in [7, 11) is 0. The number of esters is 1. The number of aromatic nitrogens is 3. The number of aliphatic hydroxyl groups is 1. The Bertz CT molecular complexity index is 1490. The second kappa shape index (κ2) is 9.43. The molecular weight excluding hydrogens is 564 g/mol. The molecule has 1 N–H and O–H groups in total. The first-order valence-electron chi connectivity index (χ1n) is 14.8. The normalized spacial score (nSPS) is 40.4. The minimum Gasteiger partial charge on any atom is -0.449 e. The summed E-state index contributed by atoms with van der Waals surface area (Å²) in [6, 6.07) is 2.87. The molecule has 8 nitrogen and oxygen atoms in total. The van der Waals surface area contributed by atoms with Gasteiger partial charge in [0, 0.05) is 23.4 Å². The summed E-state index contributed by atoms with van der Waals surface area (Å²) in [5.74, 6) is -2.36. The van der Waals surface area contributed by atoms with Crippen molar-refractivity contribution in [3.63, 3.8) is 0 Å². The van der Waals surface area contributed by atoms with Gasteiger partial charge in [-0.1, -0.05) is 19.4 Å². The zero-order chi connectivity index (χ0) is 29.7. The molecule has 4 fully saturated rings. The van der Waals surface area contributed by atoms with Crippen molar-refractivity contribution in [1.82, 2.24) is 14.8 Å². The van der Waals surface area contributed by atoms with Gasteiger partial charge < -0.3 is 14.6 Å². The van der Waals surface area contributed by atoms with Gasteiger partial charge in [0.05, 0.1) is 42.4 Å². The van der Waals surface area contributed by atoms with E-state index in [1.165, 1.54) is 12.3 Å². The Morgan fingerprint density at radius 2 is 2.00 bits per heavy atom. The second-order valence-electron chi connectivity index (χ2n) is 13.3. The molecule has 2 aromatic heterocycles. The van der Waals surface area contributed by atoms with E-state index in [9.17, 15) is 19.1 Å². The number of carbonyl (C=O) groups is 2. The van der Waals surface area contributed by atoms with E-state index in [2.05, 4.69) is 22.7 Å². The van der Waals surface area contributed by atoms with E-state index in [0.717, 1.165) is 16.8 Å². The van der Waals surface area contributed by atoms with Crippen molar-refractivity contribution in [2.75, 3.05) is 13.2 Å². The molecular formula is C31H35F2N3O5S. The molecule has 11 heteroatoms. The molecule has 2 aromatic rings. The number of alkyl halides is 1. The number of nitrogens with zero attached hydrogens (tertiary/aromatic N) is 3. The predicted molar refractivity (Wildman–Crippen MR) is 151 cm³/mol. The van der Waals surface area contributed by atoms with E-state index >= 15 is 4.39 Å². The average Bonchev–Trinajstić information content (AvgIpc) is 3.68. The lowest BCUT2D eigenvalue weighted by Crippen LogP contribution is -2.70. The van der Waals surface area contributed by atoms with Crippen LogP contribution in [0.3, 0.4) is 0 Å². The third kappa shape index (κ3) is 3.59. The van der Waals surface area contributed by atoms with Crippen molar-refractivity contribution in [1.29, 1.82) is 0 Å². The number of rotatable bonds is 4. The Hall–Kier alpha value is -2.63. The maximum absolute atomic E-state index is 18.0. The summed E-state index contributed by atoms with van der Waals surface area (Å²) in [4.78, 5) is 30.1. The van der Waals surface area contributed by atoms with Crippen molar-refractivity contribution in [3.8, 4) is 5.69 Å². The van der Waals surface area contributed by atoms with Crippen molar-refractivity contribution in [2.24, 2.45) is 28.6 Å². The Morgan fingerprint density at radius 1 is 1.19 bits per heavy atom. The fourth-order valence-electron chi connectivity index (χ4n) is 9.28. The van der Waals surface area contributed by atoms with Crippen LogP contribution in [0.4, 0.5) is 8.78 Å². The summed E-state index contributed by atoms with van der Waals surface area (Å²) >= 11 is 4.23. The lowest BCUT2D eigenvalue weighted by molar-refractivity contribution is -0.229. The van der Waals surface area contributed by atoms with Gasteiger partial charge in [0.2, 0.25) is 11.1 Å². The van der Waals surface area contributed by atoms with Gasteiger partial charge >= 0.3 is 5.97 Å². The van der Waals surface area contributed by atoms with Crippen LogP contribution < -0.4 is 0 Å². The molecule has 0 aromatic carbocycles. The molecule has 0 amide bonds. The molecule has 42 heavy (non-hydrogen) atoms. The predicted octanol–water partition coefficient (Wildman–Crippen LogP) is 4.43. The van der Waals surface area contributed by atoms with Crippen LogP contribution in [0.25, 0.3) is 11.8 Å². The molecule has 5 aliphatic rings. The standard InChI is InChI=1S/C31H35F2N3O5S/c1-28-12-18-14-35-36(20-4-6-25(32)34-15-20)23(18)11-19(28)3-5-22-21-7-9-30(27(39)42,41-26(38)17-8-10-40-16-17)29(21,2)13-24(37)31(22,28)33/h4,6,11,14-15,17,21-22,24,37H,3,5,7-10,12-13,16H2,1-2H3,(H,39,42)/t17?,21-,22?,24?,28?,29?,30?,31-/m0/s1. The third-order valence-electron chi connectivity index (χ3n) is 11.5. The quantitative estimate of drug-likeness (QED) is 0.305. The molecule has 8 atom stereocenters. The summed E-state index contributed by atoms with van der Waals surface area (Å²) in [5.41, 5.74) is -2.35. The number of hydrogen-bond acceptors (Lipinski definition) is 7. The third-order valence-corrected chi connectivity index (χ3v) is 11.9. The maximum Gasteiger partial charge on any atom is 0.312 e. The lowest BCUT2D eigenvalue weighted by Gasteiger charge is -2.63. The first-order valence-corrected chi connectivity index (χ1v) is 15.2. The lowest BCUT2D eigenvalue weighted by atomic mass is 9.44. The van der Waals surface area contributed by atoms with Gasteiger partial charge in [0.1, 0.15) is 5.67 Å². The molecule has 0 bridgehead atoms. The van der Waals surface area contributed by atoms with Crippen LogP contribution in [-0.4, -0.2) is 61.5 Å². The van der Waals surface area contributed by atoms with Crippen LogP contribution in [0.2, 0.25) is 0 Å². The molecule has 1 aliphatic heterocycles. The van der Waals surface area contributed by atoms with Crippen LogP contribution in [0.1, 0.15) is 63.6 Å². The minimum absolute atomic E-state index is 0.0261. The highest BCUT2D eigenvalue weighted by Gasteiger charge is 2.75. The van der Waals surface area contributed by atoms with Crippen LogP contribution >= 0.6 is 12.6 Å². The number of thiol groups is 1. The van der Waals surface area contributed by atoms with E-state index in [-0.39, 0.29) is 25.4 Å². The zero-order valence-corrected chi connectivity index (χ0v) is 24.6. The molecule has 3 saturated carbocycles. The highest BCUT2D eigenvalue weighted by Crippen LogP contribution is 2.71. The van der Waals surface area contributed by atoms with Crippen LogP contribution in [0.15, 0.2) is 30.1 Å². The molecule has 6 unspecified atom stereocenters. The topological polar surface area (TPSA) is 104 Å². The first-order chi connectivity index (χ1) is 19.9. The zero-order valence-electron chi connectivity index (χ0n) is 23.7. The SMILES string of the molecule is CC12CC(O)[C@@]3(F)C(CCC4=Cc5c(cnn5-c5ccc(F)nc5)CC43C)[C@@H]1CCC2(OC(=O)C1CCOC1)C(=O)S. The summed E-state index contributed by atoms with van der Waals surface area (Å²) in [6.45, 7) is 4.47. The van der Waals surface area contributed by atoms with Gasteiger partial charge in [-0.05, 0) is 74.6 Å². The van der Waals surface area contributed by atoms with Gasteiger partial charge in [0.25, 0.3) is 0 Å². The van der Waals surface area contributed by atoms with Crippen molar-refractivity contribution in [2.45, 2.75) is 76.2 Å². The Kier molecular flexibility index (Phi) is 6.32. The highest BCUT2D eigenvalue weighted by atomic mass is 32.1. The second-order valence-corrected chi connectivity index (χ2v) is 13.7. The highest BCUT2D eigenvalue weighted by molar-refractivity contribution is 7.96. The Balaban J connectivity index is 1.24. The Labute approximate surface area is 248 Å². The maximum atomic E-state index is 18.0. The summed E-state index contributed by atoms with van der Waals surface area (Å²) in [5, 5.41) is 15.8. The molecule has 4 aliphatic carbocycles. The van der Waals surface area contributed by atoms with Crippen LogP contribution in [0.5, 0.6) is 0 Å². The van der Waals surface area contributed by atoms with E-state index in [0.29, 0.717) is 44.4 Å². The molecule has 0 spiro atoms. The molecule has 3 heterocycles. The number of ether oxygens (including phenoxy) is 2. The summed E-state index contributed by atoms with van der Waals surface area (Å²) < 4.78 is 44.6. The van der Waals surface area contributed by atoms with E-state index < -0.39 is 57.1 Å². The van der Waals surface area contributed by atoms with Gasteiger partial charge in [-0.2, -0.15) is 9.49 Å².